The van der Waals surface area contributed by atoms with Crippen molar-refractivity contribution in [1.82, 2.24) is 19.7 Å². The van der Waals surface area contributed by atoms with Gasteiger partial charge in [-0.2, -0.15) is 5.10 Å². The molecule has 0 unspecified atom stereocenters. The third kappa shape index (κ3) is 4.01. The van der Waals surface area contributed by atoms with Crippen LogP contribution in [-0.2, 0) is 13.1 Å². The molecule has 1 atom stereocenters. The Morgan fingerprint density at radius 3 is 2.85 bits per heavy atom. The van der Waals surface area contributed by atoms with E-state index in [2.05, 4.69) is 27.1 Å². The molecule has 1 saturated heterocycles. The predicted octanol–water partition coefficient (Wildman–Crippen LogP) is 3.46. The molecule has 1 aromatic heterocycles. The molecule has 5 nitrogen and oxygen atoms in total. The van der Waals surface area contributed by atoms with Crippen LogP contribution >= 0.6 is 0 Å². The number of hydrogen-bond donors (Lipinski definition) is 0. The molecule has 0 N–H and O–H groups in total. The van der Waals surface area contributed by atoms with Crippen LogP contribution in [0.25, 0.3) is 0 Å². The van der Waals surface area contributed by atoms with Gasteiger partial charge in [0, 0.05) is 24.6 Å². The Morgan fingerprint density at radius 2 is 2.07 bits per heavy atom. The third-order valence-corrected chi connectivity index (χ3v) is 5.17. The molecule has 2 heterocycles. The van der Waals surface area contributed by atoms with Crippen LogP contribution < -0.4 is 4.74 Å². The van der Waals surface area contributed by atoms with Gasteiger partial charge < -0.3 is 4.74 Å². The van der Waals surface area contributed by atoms with Crippen LogP contribution in [-0.4, -0.2) is 39.9 Å². The van der Waals surface area contributed by atoms with Gasteiger partial charge in [0.05, 0.1) is 13.7 Å². The average Bonchev–Trinajstić information content (AvgIpc) is 3.35. The first-order valence-corrected chi connectivity index (χ1v) is 9.18. The van der Waals surface area contributed by atoms with E-state index in [4.69, 9.17) is 4.74 Å². The Bertz CT molecular complexity index is 897. The number of benzene rings is 2. The summed E-state index contributed by atoms with van der Waals surface area (Å²) in [5.41, 5.74) is 3.13. The molecule has 1 aliphatic heterocycles. The van der Waals surface area contributed by atoms with Crippen LogP contribution in [0.5, 0.6) is 5.75 Å². The lowest BCUT2D eigenvalue weighted by Gasteiger charge is -2.18. The smallest absolute Gasteiger partial charge is 0.137 e. The summed E-state index contributed by atoms with van der Waals surface area (Å²) in [5, 5.41) is 4.18. The maximum atomic E-state index is 14.1. The highest BCUT2D eigenvalue weighted by Crippen LogP contribution is 2.30. The molecule has 0 spiro atoms. The molecule has 2 aromatic carbocycles. The van der Waals surface area contributed by atoms with Crippen molar-refractivity contribution in [3.05, 3.63) is 77.6 Å². The second kappa shape index (κ2) is 7.88. The van der Waals surface area contributed by atoms with Crippen molar-refractivity contribution >= 4 is 0 Å². The number of methoxy groups -OCH3 is 1. The molecule has 0 amide bonds. The van der Waals surface area contributed by atoms with Gasteiger partial charge in [0.15, 0.2) is 0 Å². The first-order valence-electron chi connectivity index (χ1n) is 9.18. The van der Waals surface area contributed by atoms with Crippen molar-refractivity contribution in [2.75, 3.05) is 20.2 Å². The van der Waals surface area contributed by atoms with Gasteiger partial charge in [0.2, 0.25) is 0 Å². The zero-order chi connectivity index (χ0) is 18.6. The van der Waals surface area contributed by atoms with Crippen LogP contribution in [0.15, 0.2) is 55.1 Å². The molecule has 0 bridgehead atoms. The fourth-order valence-electron chi connectivity index (χ4n) is 3.84. The fraction of sp³-hybridized carbons (Fsp3) is 0.333. The molecule has 27 heavy (non-hydrogen) atoms. The van der Waals surface area contributed by atoms with Gasteiger partial charge in [0.25, 0.3) is 0 Å². The lowest BCUT2D eigenvalue weighted by molar-refractivity contribution is 0.325. The quantitative estimate of drug-likeness (QED) is 0.670. The van der Waals surface area contributed by atoms with Crippen molar-refractivity contribution < 1.29 is 9.13 Å². The molecule has 0 aliphatic carbocycles. The zero-order valence-corrected chi connectivity index (χ0v) is 15.4. The highest BCUT2D eigenvalue weighted by atomic mass is 19.1. The molecule has 6 heteroatoms. The van der Waals surface area contributed by atoms with Crippen molar-refractivity contribution in [2.45, 2.75) is 25.4 Å². The first kappa shape index (κ1) is 17.7. The summed E-state index contributed by atoms with van der Waals surface area (Å²) in [4.78, 5) is 6.38. The zero-order valence-electron chi connectivity index (χ0n) is 15.4. The summed E-state index contributed by atoms with van der Waals surface area (Å²) in [7, 11) is 1.68. The number of halogens is 1. The number of hydrogen-bond acceptors (Lipinski definition) is 4. The Labute approximate surface area is 158 Å². The Balaban J connectivity index is 1.46. The fourth-order valence-corrected chi connectivity index (χ4v) is 3.84. The molecule has 0 radical (unpaired) electrons. The number of nitrogens with zero attached hydrogens (tertiary/aromatic N) is 4. The molecule has 1 fully saturated rings. The summed E-state index contributed by atoms with van der Waals surface area (Å²) in [6.45, 7) is 3.32. The first-order chi connectivity index (χ1) is 13.2. The molecule has 140 valence electrons. The van der Waals surface area contributed by atoms with Crippen molar-refractivity contribution in [3.8, 4) is 5.75 Å². The Kier molecular flexibility index (Phi) is 5.16. The second-order valence-corrected chi connectivity index (χ2v) is 6.98. The molecule has 1 aliphatic rings. The standard InChI is InChI=1S/C21H23FN4O/c1-27-21-7-6-16(10-18(21)13-26-15-23-14-24-26)11-25-9-8-17(12-25)19-4-2-3-5-20(19)22/h2-7,10,14-15,17H,8-9,11-13H2,1H3/t17-/m1/s1. The van der Waals surface area contributed by atoms with E-state index < -0.39 is 0 Å². The van der Waals surface area contributed by atoms with E-state index in [0.717, 1.165) is 42.9 Å². The van der Waals surface area contributed by atoms with Crippen molar-refractivity contribution in [2.24, 2.45) is 0 Å². The number of aromatic nitrogens is 3. The van der Waals surface area contributed by atoms with Gasteiger partial charge in [-0.25, -0.2) is 14.1 Å². The van der Waals surface area contributed by atoms with Crippen LogP contribution in [0.3, 0.4) is 0 Å². The molecular weight excluding hydrogens is 343 g/mol. The SMILES string of the molecule is COc1ccc(CN2CC[C@@H](c3ccccc3F)C2)cc1Cn1cncn1. The van der Waals surface area contributed by atoms with Gasteiger partial charge in [-0.3, -0.25) is 4.90 Å². The average molecular weight is 366 g/mol. The topological polar surface area (TPSA) is 43.2 Å². The minimum Gasteiger partial charge on any atom is -0.496 e. The summed E-state index contributed by atoms with van der Waals surface area (Å²) in [5.74, 6) is 1.02. The monoisotopic (exact) mass is 366 g/mol. The van der Waals surface area contributed by atoms with Gasteiger partial charge in [-0.05, 0) is 42.3 Å². The lowest BCUT2D eigenvalue weighted by atomic mass is 9.98. The second-order valence-electron chi connectivity index (χ2n) is 6.98. The summed E-state index contributed by atoms with van der Waals surface area (Å²) in [6.07, 6.45) is 4.22. The third-order valence-electron chi connectivity index (χ3n) is 5.17. The van der Waals surface area contributed by atoms with Gasteiger partial charge in [-0.1, -0.05) is 24.3 Å². The highest BCUT2D eigenvalue weighted by molar-refractivity contribution is 5.37. The summed E-state index contributed by atoms with van der Waals surface area (Å²) >= 11 is 0. The Morgan fingerprint density at radius 1 is 1.19 bits per heavy atom. The van der Waals surface area contributed by atoms with E-state index in [1.54, 1.807) is 30.3 Å². The van der Waals surface area contributed by atoms with Crippen molar-refractivity contribution in [1.29, 1.82) is 0 Å². The van der Waals surface area contributed by atoms with Crippen LogP contribution in [0.1, 0.15) is 29.0 Å². The van der Waals surface area contributed by atoms with E-state index in [1.165, 1.54) is 11.9 Å². The van der Waals surface area contributed by atoms with E-state index in [-0.39, 0.29) is 11.7 Å². The van der Waals surface area contributed by atoms with E-state index in [9.17, 15) is 4.39 Å². The van der Waals surface area contributed by atoms with E-state index >= 15 is 0 Å². The minimum absolute atomic E-state index is 0.0936. The van der Waals surface area contributed by atoms with E-state index in [0.29, 0.717) is 6.54 Å². The largest absolute Gasteiger partial charge is 0.496 e. The lowest BCUT2D eigenvalue weighted by Crippen LogP contribution is -2.20. The number of rotatable bonds is 6. The number of likely N-dealkylation sites (tertiary alicyclic amines) is 1. The summed E-state index contributed by atoms with van der Waals surface area (Å²) < 4.78 is 21.3. The van der Waals surface area contributed by atoms with Gasteiger partial charge >= 0.3 is 0 Å². The van der Waals surface area contributed by atoms with Gasteiger partial charge in [0.1, 0.15) is 24.2 Å². The normalized spacial score (nSPS) is 17.3. The maximum absolute atomic E-state index is 14.1. The molecule has 4 rings (SSSR count). The summed E-state index contributed by atoms with van der Waals surface area (Å²) in [6, 6.07) is 13.4. The minimum atomic E-state index is -0.0936. The predicted molar refractivity (Wildman–Crippen MR) is 101 cm³/mol. The van der Waals surface area contributed by atoms with Crippen LogP contribution in [0.4, 0.5) is 4.39 Å². The maximum Gasteiger partial charge on any atom is 0.137 e. The Hall–Kier alpha value is -2.73. The van der Waals surface area contributed by atoms with Crippen molar-refractivity contribution in [3.63, 3.8) is 0 Å². The van der Waals surface area contributed by atoms with Crippen LogP contribution in [0.2, 0.25) is 0 Å². The van der Waals surface area contributed by atoms with E-state index in [1.807, 2.05) is 18.2 Å². The molecule has 0 saturated carbocycles. The molecule has 3 aromatic rings. The highest BCUT2D eigenvalue weighted by Gasteiger charge is 2.25. The number of ether oxygens (including phenoxy) is 1. The van der Waals surface area contributed by atoms with Gasteiger partial charge in [-0.15, -0.1) is 0 Å². The molecular formula is C21H23FN4O. The van der Waals surface area contributed by atoms with Crippen LogP contribution in [0, 0.1) is 5.82 Å².